The molecule has 2 heteroatoms. The second-order valence-corrected chi connectivity index (χ2v) is 5.14. The maximum absolute atomic E-state index is 5.81. The zero-order valence-electron chi connectivity index (χ0n) is 13.1. The van der Waals surface area contributed by atoms with E-state index >= 15 is 0 Å². The first-order valence-corrected chi connectivity index (χ1v) is 7.80. The lowest BCUT2D eigenvalue weighted by molar-refractivity contribution is 0.292. The number of rotatable bonds is 8. The summed E-state index contributed by atoms with van der Waals surface area (Å²) in [6.45, 7) is 8.35. The average molecular weight is 283 g/mol. The highest BCUT2D eigenvalue weighted by Crippen LogP contribution is 2.14. The molecule has 2 rings (SSSR count). The normalized spacial score (nSPS) is 10.8. The van der Waals surface area contributed by atoms with E-state index in [0.717, 1.165) is 38.4 Å². The Bertz CT molecular complexity index is 520. The van der Waals surface area contributed by atoms with Crippen molar-refractivity contribution in [3.8, 4) is 5.75 Å². The van der Waals surface area contributed by atoms with E-state index in [9.17, 15) is 0 Å². The lowest BCUT2D eigenvalue weighted by Crippen LogP contribution is -2.23. The molecule has 2 aromatic rings. The maximum Gasteiger partial charge on any atom is 0.119 e. The molecule has 0 N–H and O–H groups in total. The molecule has 2 nitrogen and oxygen atoms in total. The van der Waals surface area contributed by atoms with Crippen molar-refractivity contribution >= 4 is 0 Å². The summed E-state index contributed by atoms with van der Waals surface area (Å²) in [5, 5.41) is 0. The zero-order chi connectivity index (χ0) is 14.9. The van der Waals surface area contributed by atoms with Crippen molar-refractivity contribution in [2.45, 2.75) is 26.8 Å². The number of benzene rings is 2. The molecular formula is C19H25NO. The number of ether oxygens (including phenoxy) is 1. The van der Waals surface area contributed by atoms with Gasteiger partial charge in [0.05, 0.1) is 6.61 Å². The van der Waals surface area contributed by atoms with Crippen LogP contribution in [0.3, 0.4) is 0 Å². The summed E-state index contributed by atoms with van der Waals surface area (Å²) in [5.74, 6) is 0.943. The van der Waals surface area contributed by atoms with Gasteiger partial charge in [-0.15, -0.1) is 0 Å². The van der Waals surface area contributed by atoms with Gasteiger partial charge in [0.1, 0.15) is 5.75 Å². The van der Waals surface area contributed by atoms with Gasteiger partial charge in [-0.3, -0.25) is 4.90 Å². The number of hydrogen-bond acceptors (Lipinski definition) is 2. The summed E-state index contributed by atoms with van der Waals surface area (Å²) >= 11 is 0. The van der Waals surface area contributed by atoms with Crippen LogP contribution in [-0.4, -0.2) is 24.6 Å². The molecule has 0 fully saturated rings. The van der Waals surface area contributed by atoms with Crippen LogP contribution in [0.5, 0.6) is 5.75 Å². The maximum atomic E-state index is 5.81. The Balaban J connectivity index is 1.93. The first-order chi connectivity index (χ1) is 10.3. The van der Waals surface area contributed by atoms with Crippen molar-refractivity contribution in [2.24, 2.45) is 0 Å². The predicted molar refractivity (Wildman–Crippen MR) is 88.7 cm³/mol. The zero-order valence-corrected chi connectivity index (χ0v) is 13.1. The molecule has 0 bridgehead atoms. The van der Waals surface area contributed by atoms with Crippen LogP contribution in [0.2, 0.25) is 0 Å². The second-order valence-electron chi connectivity index (χ2n) is 5.14. The molecule has 0 aliphatic rings. The van der Waals surface area contributed by atoms with Crippen LogP contribution in [0.1, 0.15) is 25.0 Å². The quantitative estimate of drug-likeness (QED) is 0.721. The fourth-order valence-electron chi connectivity index (χ4n) is 2.44. The van der Waals surface area contributed by atoms with Crippen LogP contribution >= 0.6 is 0 Å². The Morgan fingerprint density at radius 3 is 2.10 bits per heavy atom. The molecule has 0 aliphatic carbocycles. The van der Waals surface area contributed by atoms with Crippen LogP contribution < -0.4 is 4.74 Å². The van der Waals surface area contributed by atoms with Gasteiger partial charge < -0.3 is 4.74 Å². The van der Waals surface area contributed by atoms with Gasteiger partial charge >= 0.3 is 0 Å². The first-order valence-electron chi connectivity index (χ1n) is 7.80. The smallest absolute Gasteiger partial charge is 0.119 e. The first kappa shape index (κ1) is 15.6. The molecule has 0 aromatic heterocycles. The van der Waals surface area contributed by atoms with Gasteiger partial charge in [-0.25, -0.2) is 0 Å². The molecule has 21 heavy (non-hydrogen) atoms. The fraction of sp³-hybridized carbons (Fsp3) is 0.368. The van der Waals surface area contributed by atoms with Crippen molar-refractivity contribution in [1.82, 2.24) is 4.90 Å². The summed E-state index contributed by atoms with van der Waals surface area (Å²) in [7, 11) is 0. The summed E-state index contributed by atoms with van der Waals surface area (Å²) in [6.07, 6.45) is 0.951. The van der Waals surface area contributed by atoms with E-state index in [0.29, 0.717) is 0 Å². The molecule has 0 aliphatic heterocycles. The van der Waals surface area contributed by atoms with Crippen LogP contribution in [0, 0.1) is 0 Å². The van der Waals surface area contributed by atoms with Crippen LogP contribution in [0.4, 0.5) is 0 Å². The highest BCUT2D eigenvalue weighted by atomic mass is 16.5. The third kappa shape index (κ3) is 4.91. The molecule has 0 heterocycles. The third-order valence-corrected chi connectivity index (χ3v) is 3.79. The number of para-hydroxylation sites is 1. The van der Waals surface area contributed by atoms with E-state index in [-0.39, 0.29) is 0 Å². The fourth-order valence-corrected chi connectivity index (χ4v) is 2.44. The summed E-state index contributed by atoms with van der Waals surface area (Å²) in [4.78, 5) is 2.44. The van der Waals surface area contributed by atoms with Gasteiger partial charge in [0, 0.05) is 13.0 Å². The topological polar surface area (TPSA) is 12.5 Å². The Hall–Kier alpha value is -1.80. The third-order valence-electron chi connectivity index (χ3n) is 3.79. The minimum atomic E-state index is 0.722. The molecule has 0 atom stereocenters. The van der Waals surface area contributed by atoms with Crippen LogP contribution in [0.15, 0.2) is 54.6 Å². The lowest BCUT2D eigenvalue weighted by atomic mass is 10.0. The van der Waals surface area contributed by atoms with Gasteiger partial charge in [0.25, 0.3) is 0 Å². The minimum Gasteiger partial charge on any atom is -0.493 e. The van der Waals surface area contributed by atoms with Gasteiger partial charge in [-0.1, -0.05) is 56.3 Å². The Morgan fingerprint density at radius 1 is 0.810 bits per heavy atom. The Kier molecular flexibility index (Phi) is 6.29. The van der Waals surface area contributed by atoms with Gasteiger partial charge in [-0.2, -0.15) is 0 Å². The molecule has 112 valence electrons. The van der Waals surface area contributed by atoms with Crippen molar-refractivity contribution < 1.29 is 4.74 Å². The molecule has 0 saturated heterocycles. The number of nitrogens with zero attached hydrogens (tertiary/aromatic N) is 1. The minimum absolute atomic E-state index is 0.722. The van der Waals surface area contributed by atoms with Gasteiger partial charge in [-0.05, 0) is 36.3 Å². The summed E-state index contributed by atoms with van der Waals surface area (Å²) in [5.41, 5.74) is 2.80. The van der Waals surface area contributed by atoms with E-state index in [1.165, 1.54) is 11.1 Å². The highest BCUT2D eigenvalue weighted by molar-refractivity contribution is 5.27. The Morgan fingerprint density at radius 2 is 1.43 bits per heavy atom. The van der Waals surface area contributed by atoms with E-state index in [4.69, 9.17) is 4.74 Å². The van der Waals surface area contributed by atoms with Crippen molar-refractivity contribution in [3.05, 3.63) is 65.7 Å². The van der Waals surface area contributed by atoms with Gasteiger partial charge in [0.15, 0.2) is 0 Å². The SMILES string of the molecule is CCN(CC)Cc1ccccc1CCOc1ccccc1. The van der Waals surface area contributed by atoms with Crippen LogP contribution in [0.25, 0.3) is 0 Å². The highest BCUT2D eigenvalue weighted by Gasteiger charge is 2.06. The molecule has 0 saturated carbocycles. The Labute approximate surface area is 128 Å². The van der Waals surface area contributed by atoms with E-state index in [2.05, 4.69) is 43.0 Å². The van der Waals surface area contributed by atoms with Crippen molar-refractivity contribution in [1.29, 1.82) is 0 Å². The molecular weight excluding hydrogens is 258 g/mol. The number of hydrogen-bond donors (Lipinski definition) is 0. The molecule has 0 unspecified atom stereocenters. The average Bonchev–Trinajstić information content (AvgIpc) is 2.55. The standard InChI is InChI=1S/C19H25NO/c1-3-20(4-2)16-18-11-9-8-10-17(18)14-15-21-19-12-6-5-7-13-19/h5-13H,3-4,14-16H2,1-2H3. The van der Waals surface area contributed by atoms with Crippen molar-refractivity contribution in [2.75, 3.05) is 19.7 Å². The van der Waals surface area contributed by atoms with Crippen molar-refractivity contribution in [3.63, 3.8) is 0 Å². The molecule has 0 spiro atoms. The molecule has 0 radical (unpaired) electrons. The molecule has 0 amide bonds. The summed E-state index contributed by atoms with van der Waals surface area (Å²) < 4.78 is 5.81. The monoisotopic (exact) mass is 283 g/mol. The second kappa shape index (κ2) is 8.48. The lowest BCUT2D eigenvalue weighted by Gasteiger charge is -2.20. The predicted octanol–water partition coefficient (Wildman–Crippen LogP) is 4.15. The van der Waals surface area contributed by atoms with Gasteiger partial charge in [0.2, 0.25) is 0 Å². The molecule has 2 aromatic carbocycles. The summed E-state index contributed by atoms with van der Waals surface area (Å²) in [6, 6.07) is 18.7. The van der Waals surface area contributed by atoms with E-state index in [1.807, 2.05) is 30.3 Å². The largest absolute Gasteiger partial charge is 0.493 e. The van der Waals surface area contributed by atoms with E-state index in [1.54, 1.807) is 0 Å². The van der Waals surface area contributed by atoms with Crippen LogP contribution in [-0.2, 0) is 13.0 Å². The van der Waals surface area contributed by atoms with E-state index < -0.39 is 0 Å².